The van der Waals surface area contributed by atoms with E-state index in [4.69, 9.17) is 4.74 Å². The van der Waals surface area contributed by atoms with Crippen molar-refractivity contribution in [3.05, 3.63) is 16.8 Å². The summed E-state index contributed by atoms with van der Waals surface area (Å²) in [5.41, 5.74) is 0.944. The molecule has 2 aromatic heterocycles. The second-order valence-corrected chi connectivity index (χ2v) is 7.47. The molecule has 124 valence electrons. The first-order chi connectivity index (χ1) is 11.1. The smallest absolute Gasteiger partial charge is 0.348 e. The summed E-state index contributed by atoms with van der Waals surface area (Å²) in [5, 5.41) is 1.01. The van der Waals surface area contributed by atoms with Gasteiger partial charge in [0, 0.05) is 13.1 Å². The minimum absolute atomic E-state index is 0.246. The first kappa shape index (κ1) is 16.2. The number of rotatable bonds is 4. The van der Waals surface area contributed by atoms with E-state index in [0.29, 0.717) is 17.4 Å². The standard InChI is InChI=1S/C17H23N3O2S/c1-11(2)9-22-17(21)14-12(3)13-15(18-10-19-16(13)23-14)20-7-5-4-6-8-20/h10-11H,4-9H2,1-3H3. The zero-order chi connectivity index (χ0) is 16.4. The minimum Gasteiger partial charge on any atom is -0.461 e. The molecule has 1 aliphatic heterocycles. The molecule has 0 N–H and O–H groups in total. The Morgan fingerprint density at radius 2 is 2.04 bits per heavy atom. The van der Waals surface area contributed by atoms with Crippen molar-refractivity contribution in [1.82, 2.24) is 9.97 Å². The largest absolute Gasteiger partial charge is 0.461 e. The van der Waals surface area contributed by atoms with E-state index in [9.17, 15) is 4.79 Å². The minimum atomic E-state index is -0.246. The maximum atomic E-state index is 12.4. The van der Waals surface area contributed by atoms with E-state index in [1.54, 1.807) is 6.33 Å². The summed E-state index contributed by atoms with van der Waals surface area (Å²) in [7, 11) is 0. The van der Waals surface area contributed by atoms with Crippen LogP contribution in [0.1, 0.15) is 48.3 Å². The van der Waals surface area contributed by atoms with Crippen molar-refractivity contribution < 1.29 is 9.53 Å². The van der Waals surface area contributed by atoms with Crippen LogP contribution in [0.2, 0.25) is 0 Å². The SMILES string of the molecule is Cc1c(C(=O)OCC(C)C)sc2ncnc(N3CCCCC3)c12. The molecule has 0 atom stereocenters. The van der Waals surface area contributed by atoms with E-state index in [1.165, 1.54) is 30.6 Å². The number of aryl methyl sites for hydroxylation is 1. The van der Waals surface area contributed by atoms with Crippen LogP contribution in [0.5, 0.6) is 0 Å². The number of piperidine rings is 1. The monoisotopic (exact) mass is 333 g/mol. The fraction of sp³-hybridized carbons (Fsp3) is 0.588. The predicted octanol–water partition coefficient (Wildman–Crippen LogP) is 3.80. The zero-order valence-corrected chi connectivity index (χ0v) is 14.8. The third kappa shape index (κ3) is 3.32. The molecule has 2 aromatic rings. The summed E-state index contributed by atoms with van der Waals surface area (Å²) < 4.78 is 5.39. The normalized spacial score (nSPS) is 15.4. The maximum absolute atomic E-state index is 12.4. The van der Waals surface area contributed by atoms with E-state index in [0.717, 1.165) is 34.7 Å². The summed E-state index contributed by atoms with van der Waals surface area (Å²) in [4.78, 5) is 25.1. The fourth-order valence-corrected chi connectivity index (χ4v) is 3.94. The molecule has 5 nitrogen and oxygen atoms in total. The Labute approximate surface area is 140 Å². The van der Waals surface area contributed by atoms with Crippen LogP contribution in [-0.4, -0.2) is 35.6 Å². The molecule has 0 radical (unpaired) electrons. The highest BCUT2D eigenvalue weighted by Crippen LogP contribution is 2.36. The number of thiophene rings is 1. The number of esters is 1. The van der Waals surface area contributed by atoms with E-state index >= 15 is 0 Å². The van der Waals surface area contributed by atoms with E-state index < -0.39 is 0 Å². The third-order valence-electron chi connectivity index (χ3n) is 4.10. The van der Waals surface area contributed by atoms with Crippen LogP contribution < -0.4 is 4.90 Å². The number of anilines is 1. The summed E-state index contributed by atoms with van der Waals surface area (Å²) in [6, 6.07) is 0. The first-order valence-electron chi connectivity index (χ1n) is 8.24. The lowest BCUT2D eigenvalue weighted by Crippen LogP contribution is -2.30. The van der Waals surface area contributed by atoms with E-state index in [1.807, 2.05) is 20.8 Å². The van der Waals surface area contributed by atoms with E-state index in [-0.39, 0.29) is 5.97 Å². The number of aromatic nitrogens is 2. The molecule has 1 saturated heterocycles. The Hall–Kier alpha value is -1.69. The fourth-order valence-electron chi connectivity index (χ4n) is 2.90. The highest BCUT2D eigenvalue weighted by atomic mass is 32.1. The van der Waals surface area contributed by atoms with Crippen LogP contribution in [0.4, 0.5) is 5.82 Å². The maximum Gasteiger partial charge on any atom is 0.348 e. The average Bonchev–Trinajstić information content (AvgIpc) is 2.90. The molecule has 0 spiro atoms. The Morgan fingerprint density at radius 3 is 2.74 bits per heavy atom. The number of carbonyl (C=O) groups is 1. The number of hydrogen-bond donors (Lipinski definition) is 0. The van der Waals surface area contributed by atoms with Crippen molar-refractivity contribution >= 4 is 33.3 Å². The lowest BCUT2D eigenvalue weighted by atomic mass is 10.1. The van der Waals surface area contributed by atoms with Crippen LogP contribution in [0.3, 0.4) is 0 Å². The van der Waals surface area contributed by atoms with Gasteiger partial charge in [-0.1, -0.05) is 13.8 Å². The van der Waals surface area contributed by atoms with Gasteiger partial charge >= 0.3 is 5.97 Å². The number of carbonyl (C=O) groups excluding carboxylic acids is 1. The second-order valence-electron chi connectivity index (χ2n) is 6.47. The third-order valence-corrected chi connectivity index (χ3v) is 5.28. The molecule has 0 amide bonds. The Kier molecular flexibility index (Phi) is 4.80. The zero-order valence-electron chi connectivity index (χ0n) is 14.0. The average molecular weight is 333 g/mol. The van der Waals surface area contributed by atoms with Gasteiger partial charge in [0.25, 0.3) is 0 Å². The summed E-state index contributed by atoms with van der Waals surface area (Å²) in [5.74, 6) is 1.05. The van der Waals surface area contributed by atoms with Crippen molar-refractivity contribution in [2.24, 2.45) is 5.92 Å². The molecule has 0 unspecified atom stereocenters. The number of hydrogen-bond acceptors (Lipinski definition) is 6. The molecule has 0 bridgehead atoms. The van der Waals surface area contributed by atoms with Crippen molar-refractivity contribution in [3.63, 3.8) is 0 Å². The number of nitrogens with zero attached hydrogens (tertiary/aromatic N) is 3. The van der Waals surface area contributed by atoms with Crippen LogP contribution in [0, 0.1) is 12.8 Å². The first-order valence-corrected chi connectivity index (χ1v) is 9.05. The molecule has 0 aliphatic carbocycles. The molecule has 3 heterocycles. The van der Waals surface area contributed by atoms with Crippen molar-refractivity contribution in [2.75, 3.05) is 24.6 Å². The summed E-state index contributed by atoms with van der Waals surface area (Å²) in [6.45, 7) is 8.53. The van der Waals surface area contributed by atoms with Gasteiger partial charge in [-0.3, -0.25) is 0 Å². The lowest BCUT2D eigenvalue weighted by Gasteiger charge is -2.28. The van der Waals surface area contributed by atoms with Crippen LogP contribution in [-0.2, 0) is 4.74 Å². The molecule has 0 aromatic carbocycles. The van der Waals surface area contributed by atoms with Crippen LogP contribution in [0.15, 0.2) is 6.33 Å². The van der Waals surface area contributed by atoms with Gasteiger partial charge in [0.1, 0.15) is 21.9 Å². The highest BCUT2D eigenvalue weighted by molar-refractivity contribution is 7.20. The molecular formula is C17H23N3O2S. The van der Waals surface area contributed by atoms with Crippen LogP contribution >= 0.6 is 11.3 Å². The van der Waals surface area contributed by atoms with Gasteiger partial charge in [0.2, 0.25) is 0 Å². The molecule has 0 saturated carbocycles. The second kappa shape index (κ2) is 6.83. The van der Waals surface area contributed by atoms with Crippen molar-refractivity contribution in [3.8, 4) is 0 Å². The topological polar surface area (TPSA) is 55.3 Å². The summed E-state index contributed by atoms with van der Waals surface area (Å²) >= 11 is 1.41. The van der Waals surface area contributed by atoms with Gasteiger partial charge in [0.05, 0.1) is 12.0 Å². The number of ether oxygens (including phenoxy) is 1. The van der Waals surface area contributed by atoms with Crippen molar-refractivity contribution in [2.45, 2.75) is 40.0 Å². The van der Waals surface area contributed by atoms with Gasteiger partial charge in [0.15, 0.2) is 0 Å². The Bertz CT molecular complexity index is 705. The van der Waals surface area contributed by atoms with E-state index in [2.05, 4.69) is 14.9 Å². The molecular weight excluding hydrogens is 310 g/mol. The molecule has 23 heavy (non-hydrogen) atoms. The lowest BCUT2D eigenvalue weighted by molar-refractivity contribution is 0.0464. The van der Waals surface area contributed by atoms with Gasteiger partial charge in [-0.15, -0.1) is 11.3 Å². The van der Waals surface area contributed by atoms with Crippen LogP contribution in [0.25, 0.3) is 10.2 Å². The number of fused-ring (bicyclic) bond motifs is 1. The quantitative estimate of drug-likeness (QED) is 0.797. The molecule has 1 aliphatic rings. The van der Waals surface area contributed by atoms with Gasteiger partial charge in [-0.2, -0.15) is 0 Å². The predicted molar refractivity (Wildman–Crippen MR) is 93.3 cm³/mol. The highest BCUT2D eigenvalue weighted by Gasteiger charge is 2.23. The molecule has 3 rings (SSSR count). The van der Waals surface area contributed by atoms with Gasteiger partial charge in [-0.25, -0.2) is 14.8 Å². The van der Waals surface area contributed by atoms with Gasteiger partial charge in [-0.05, 0) is 37.7 Å². The van der Waals surface area contributed by atoms with Gasteiger partial charge < -0.3 is 9.64 Å². The summed E-state index contributed by atoms with van der Waals surface area (Å²) in [6.07, 6.45) is 5.27. The Balaban J connectivity index is 1.96. The van der Waals surface area contributed by atoms with Crippen molar-refractivity contribution in [1.29, 1.82) is 0 Å². The Morgan fingerprint density at radius 1 is 1.30 bits per heavy atom. The molecule has 6 heteroatoms. The molecule has 1 fully saturated rings.